The fourth-order valence-corrected chi connectivity index (χ4v) is 2.49. The second-order valence-electron chi connectivity index (χ2n) is 5.53. The summed E-state index contributed by atoms with van der Waals surface area (Å²) in [4.78, 5) is 3.11. The minimum Gasteiger partial charge on any atom is -0.358 e. The van der Waals surface area contributed by atoms with Crippen molar-refractivity contribution < 1.29 is 22.0 Å². The molecule has 3 nitrogen and oxygen atoms in total. The Morgan fingerprint density at radius 3 is 2.16 bits per heavy atom. The molecule has 130 valence electrons. The lowest BCUT2D eigenvalue weighted by atomic mass is 10.1. The van der Waals surface area contributed by atoms with Gasteiger partial charge in [0.05, 0.1) is 6.21 Å². The average molecular weight is 353 g/mol. The number of H-pyrrole nitrogens is 1. The second kappa shape index (κ2) is 6.19. The number of aryl methyl sites for hydroxylation is 2. The topological polar surface area (TPSA) is 40.2 Å². The maximum atomic E-state index is 13.6. The van der Waals surface area contributed by atoms with E-state index in [0.717, 1.165) is 22.2 Å². The van der Waals surface area contributed by atoms with Crippen LogP contribution in [0.5, 0.6) is 0 Å². The van der Waals surface area contributed by atoms with Gasteiger partial charge in [-0.2, -0.15) is 5.10 Å². The van der Waals surface area contributed by atoms with Gasteiger partial charge in [0.1, 0.15) is 5.69 Å². The molecule has 0 unspecified atom stereocenters. The lowest BCUT2D eigenvalue weighted by Gasteiger charge is -2.07. The zero-order valence-electron chi connectivity index (χ0n) is 13.1. The smallest absolute Gasteiger partial charge is 0.200 e. The van der Waals surface area contributed by atoms with Crippen molar-refractivity contribution in [2.75, 3.05) is 5.43 Å². The number of hydrogen-bond acceptors (Lipinski definition) is 2. The summed E-state index contributed by atoms with van der Waals surface area (Å²) >= 11 is 0. The normalized spacial score (nSPS) is 11.6. The highest BCUT2D eigenvalue weighted by molar-refractivity contribution is 6.01. The van der Waals surface area contributed by atoms with Gasteiger partial charge in [-0.3, -0.25) is 5.43 Å². The highest BCUT2D eigenvalue weighted by Crippen LogP contribution is 2.27. The van der Waals surface area contributed by atoms with Gasteiger partial charge in [0.2, 0.25) is 5.82 Å². The Bertz CT molecular complexity index is 978. The maximum Gasteiger partial charge on any atom is 0.200 e. The third-order valence-corrected chi connectivity index (χ3v) is 3.77. The maximum absolute atomic E-state index is 13.6. The van der Waals surface area contributed by atoms with E-state index in [4.69, 9.17) is 0 Å². The third-order valence-electron chi connectivity index (χ3n) is 3.77. The van der Waals surface area contributed by atoms with Crippen LogP contribution in [0, 0.1) is 42.9 Å². The zero-order valence-corrected chi connectivity index (χ0v) is 13.1. The number of nitrogens with zero attached hydrogens (tertiary/aromatic N) is 1. The van der Waals surface area contributed by atoms with Gasteiger partial charge in [-0.1, -0.05) is 11.6 Å². The fourth-order valence-electron chi connectivity index (χ4n) is 2.49. The van der Waals surface area contributed by atoms with Crippen molar-refractivity contribution in [3.63, 3.8) is 0 Å². The molecule has 25 heavy (non-hydrogen) atoms. The Kier molecular flexibility index (Phi) is 4.20. The summed E-state index contributed by atoms with van der Waals surface area (Å²) in [6.07, 6.45) is 1.26. The number of anilines is 1. The number of fused-ring (bicyclic) bond motifs is 1. The van der Waals surface area contributed by atoms with Crippen LogP contribution in [0.25, 0.3) is 10.9 Å². The van der Waals surface area contributed by atoms with Gasteiger partial charge < -0.3 is 4.98 Å². The predicted octanol–water partition coefficient (Wildman–Crippen LogP) is 4.93. The summed E-state index contributed by atoms with van der Waals surface area (Å²) in [5.41, 5.74) is 3.89. The Morgan fingerprint density at radius 1 is 0.920 bits per heavy atom. The summed E-state index contributed by atoms with van der Waals surface area (Å²) in [5, 5.41) is 4.45. The summed E-state index contributed by atoms with van der Waals surface area (Å²) in [5.74, 6) is -10.2. The monoisotopic (exact) mass is 353 g/mol. The number of benzene rings is 2. The van der Waals surface area contributed by atoms with E-state index in [1.54, 1.807) is 6.92 Å². The molecule has 0 saturated carbocycles. The van der Waals surface area contributed by atoms with E-state index < -0.39 is 34.8 Å². The molecule has 2 N–H and O–H groups in total. The molecule has 3 rings (SSSR count). The van der Waals surface area contributed by atoms with Crippen LogP contribution in [-0.2, 0) is 0 Å². The molecule has 1 heterocycles. The van der Waals surface area contributed by atoms with E-state index >= 15 is 0 Å². The van der Waals surface area contributed by atoms with Crippen LogP contribution in [0.15, 0.2) is 23.3 Å². The molecule has 8 heteroatoms. The zero-order chi connectivity index (χ0) is 18.3. The summed E-state index contributed by atoms with van der Waals surface area (Å²) < 4.78 is 66.5. The van der Waals surface area contributed by atoms with E-state index in [2.05, 4.69) is 10.1 Å². The molecular weight excluding hydrogens is 341 g/mol. The number of aromatic amines is 1. The van der Waals surface area contributed by atoms with E-state index in [1.165, 1.54) is 6.21 Å². The number of aromatic nitrogens is 1. The Morgan fingerprint density at radius 2 is 1.52 bits per heavy atom. The van der Waals surface area contributed by atoms with Crippen molar-refractivity contribution in [3.05, 3.63) is 64.1 Å². The van der Waals surface area contributed by atoms with Gasteiger partial charge >= 0.3 is 0 Å². The van der Waals surface area contributed by atoms with Crippen LogP contribution in [0.1, 0.15) is 16.8 Å². The van der Waals surface area contributed by atoms with Crippen molar-refractivity contribution >= 4 is 22.8 Å². The molecule has 0 amide bonds. The van der Waals surface area contributed by atoms with E-state index in [1.807, 2.05) is 30.5 Å². The van der Waals surface area contributed by atoms with Crippen LogP contribution >= 0.6 is 0 Å². The lowest BCUT2D eigenvalue weighted by molar-refractivity contribution is 0.381. The molecule has 3 aromatic rings. The van der Waals surface area contributed by atoms with Gasteiger partial charge in [-0.25, -0.2) is 22.0 Å². The van der Waals surface area contributed by atoms with Crippen LogP contribution in [-0.4, -0.2) is 11.2 Å². The summed E-state index contributed by atoms with van der Waals surface area (Å²) in [6, 6.07) is 5.66. The van der Waals surface area contributed by atoms with Gasteiger partial charge in [-0.05, 0) is 26.0 Å². The van der Waals surface area contributed by atoms with Crippen molar-refractivity contribution in [2.24, 2.45) is 5.10 Å². The van der Waals surface area contributed by atoms with Gasteiger partial charge in [0.25, 0.3) is 0 Å². The van der Waals surface area contributed by atoms with E-state index in [9.17, 15) is 22.0 Å². The van der Waals surface area contributed by atoms with Crippen LogP contribution in [0.3, 0.4) is 0 Å². The minimum atomic E-state index is -2.22. The molecule has 0 radical (unpaired) electrons. The molecule has 0 saturated heterocycles. The first-order chi connectivity index (χ1) is 11.8. The first kappa shape index (κ1) is 16.9. The quantitative estimate of drug-likeness (QED) is 0.226. The van der Waals surface area contributed by atoms with Crippen LogP contribution in [0.2, 0.25) is 0 Å². The van der Waals surface area contributed by atoms with Gasteiger partial charge in [0.15, 0.2) is 23.3 Å². The Hall–Kier alpha value is -2.90. The molecule has 0 fully saturated rings. The summed E-state index contributed by atoms with van der Waals surface area (Å²) in [6.45, 7) is 3.67. The van der Waals surface area contributed by atoms with E-state index in [-0.39, 0.29) is 0 Å². The van der Waals surface area contributed by atoms with Crippen LogP contribution < -0.4 is 5.43 Å². The van der Waals surface area contributed by atoms with E-state index in [0.29, 0.717) is 5.56 Å². The fraction of sp³-hybridized carbons (Fsp3) is 0.118. The van der Waals surface area contributed by atoms with Crippen molar-refractivity contribution in [3.8, 4) is 0 Å². The number of hydrogen-bond donors (Lipinski definition) is 2. The number of hydrazone groups is 1. The molecule has 0 aliphatic heterocycles. The molecule has 0 aliphatic rings. The second-order valence-corrected chi connectivity index (χ2v) is 5.53. The Balaban J connectivity index is 1.98. The van der Waals surface area contributed by atoms with Gasteiger partial charge in [-0.15, -0.1) is 0 Å². The number of rotatable bonds is 3. The average Bonchev–Trinajstić information content (AvgIpc) is 2.89. The standard InChI is InChI=1S/C17H12F5N3/c1-7-3-4-11-9(5-7)10(8(2)24-11)6-23-25-17-15(21)13(19)12(18)14(20)16(17)22/h3-6,24-25H,1-2H3. The largest absolute Gasteiger partial charge is 0.358 e. The summed E-state index contributed by atoms with van der Waals surface area (Å²) in [7, 11) is 0. The van der Waals surface area contributed by atoms with Crippen molar-refractivity contribution in [1.29, 1.82) is 0 Å². The first-order valence-electron chi connectivity index (χ1n) is 7.20. The van der Waals surface area contributed by atoms with Gasteiger partial charge in [0, 0.05) is 22.2 Å². The molecule has 0 atom stereocenters. The molecule has 0 bridgehead atoms. The molecule has 0 aliphatic carbocycles. The Labute approximate surface area is 139 Å². The number of halogens is 5. The molecule has 1 aromatic heterocycles. The molecule has 2 aromatic carbocycles. The first-order valence-corrected chi connectivity index (χ1v) is 7.20. The molecular formula is C17H12F5N3. The predicted molar refractivity (Wildman–Crippen MR) is 85.2 cm³/mol. The number of nitrogens with one attached hydrogen (secondary N) is 2. The third kappa shape index (κ3) is 2.84. The van der Waals surface area contributed by atoms with Crippen molar-refractivity contribution in [2.45, 2.75) is 13.8 Å². The van der Waals surface area contributed by atoms with Crippen LogP contribution in [0.4, 0.5) is 27.6 Å². The van der Waals surface area contributed by atoms with Crippen molar-refractivity contribution in [1.82, 2.24) is 4.98 Å². The minimum absolute atomic E-state index is 0.634. The highest BCUT2D eigenvalue weighted by atomic mass is 19.2. The molecule has 0 spiro atoms. The highest BCUT2D eigenvalue weighted by Gasteiger charge is 2.25. The lowest BCUT2D eigenvalue weighted by Crippen LogP contribution is -2.06. The SMILES string of the molecule is Cc1ccc2[nH]c(C)c(C=NNc3c(F)c(F)c(F)c(F)c3F)c2c1.